The number of hydrogen-bond donors (Lipinski definition) is 1. The van der Waals surface area contributed by atoms with Gasteiger partial charge in [-0.3, -0.25) is 9.59 Å². The molecule has 4 heteroatoms. The highest BCUT2D eigenvalue weighted by Crippen LogP contribution is 2.12. The van der Waals surface area contributed by atoms with E-state index in [0.717, 1.165) is 5.56 Å². The number of benzene rings is 2. The zero-order chi connectivity index (χ0) is 15.9. The van der Waals surface area contributed by atoms with Crippen LogP contribution in [-0.2, 0) is 4.79 Å². The largest absolute Gasteiger partial charge is 0.350 e. The van der Waals surface area contributed by atoms with Gasteiger partial charge in [0, 0.05) is 18.4 Å². The van der Waals surface area contributed by atoms with E-state index in [2.05, 4.69) is 5.32 Å². The molecule has 2 rings (SSSR count). The van der Waals surface area contributed by atoms with Crippen LogP contribution in [0.1, 0.15) is 41.7 Å². The topological polar surface area (TPSA) is 46.2 Å². The number of Topliss-reactive ketones (excluding diaryl/α,β-unsaturated/α-hetero) is 1. The van der Waals surface area contributed by atoms with E-state index in [1.807, 2.05) is 37.3 Å². The maximum absolute atomic E-state index is 12.8. The average Bonchev–Trinajstić information content (AvgIpc) is 2.54. The molecule has 1 N–H and O–H groups in total. The summed E-state index contributed by atoms with van der Waals surface area (Å²) in [6.07, 6.45) is 0.229. The second-order valence-electron chi connectivity index (χ2n) is 5.13. The molecule has 0 bridgehead atoms. The smallest absolute Gasteiger partial charge is 0.220 e. The summed E-state index contributed by atoms with van der Waals surface area (Å²) in [6.45, 7) is 1.90. The molecule has 114 valence electrons. The first-order chi connectivity index (χ1) is 10.6. The Balaban J connectivity index is 1.82. The van der Waals surface area contributed by atoms with Crippen molar-refractivity contribution in [2.24, 2.45) is 0 Å². The van der Waals surface area contributed by atoms with E-state index < -0.39 is 0 Å². The molecule has 0 fully saturated rings. The fourth-order valence-electron chi connectivity index (χ4n) is 2.15. The lowest BCUT2D eigenvalue weighted by molar-refractivity contribution is -0.121. The Labute approximate surface area is 129 Å². The van der Waals surface area contributed by atoms with E-state index >= 15 is 0 Å². The molecular weight excluding hydrogens is 281 g/mol. The molecule has 3 nitrogen and oxygen atoms in total. The summed E-state index contributed by atoms with van der Waals surface area (Å²) >= 11 is 0. The Morgan fingerprint density at radius 1 is 1.00 bits per heavy atom. The Hall–Kier alpha value is -2.49. The highest BCUT2D eigenvalue weighted by molar-refractivity contribution is 5.97. The van der Waals surface area contributed by atoms with Crippen LogP contribution in [0.2, 0.25) is 0 Å². The molecule has 0 aliphatic carbocycles. The predicted octanol–water partition coefficient (Wildman–Crippen LogP) is 3.67. The monoisotopic (exact) mass is 299 g/mol. The van der Waals surface area contributed by atoms with Gasteiger partial charge in [0.1, 0.15) is 5.82 Å². The van der Waals surface area contributed by atoms with Crippen LogP contribution in [0.5, 0.6) is 0 Å². The fourth-order valence-corrected chi connectivity index (χ4v) is 2.15. The standard InChI is InChI=1S/C18H18FNO2/c1-13(14-5-3-2-4-6-14)20-18(22)12-11-17(21)15-7-9-16(19)10-8-15/h2-10,13H,11-12H2,1H3,(H,20,22)/t13-/m0/s1. The van der Waals surface area contributed by atoms with Crippen LogP contribution in [-0.4, -0.2) is 11.7 Å². The molecular formula is C18H18FNO2. The molecule has 2 aromatic carbocycles. The number of hydrogen-bond acceptors (Lipinski definition) is 2. The minimum absolute atomic E-state index is 0.102. The molecule has 0 unspecified atom stereocenters. The van der Waals surface area contributed by atoms with Crippen molar-refractivity contribution in [2.75, 3.05) is 0 Å². The van der Waals surface area contributed by atoms with Crippen molar-refractivity contribution < 1.29 is 14.0 Å². The molecule has 22 heavy (non-hydrogen) atoms. The van der Waals surface area contributed by atoms with E-state index in [1.165, 1.54) is 24.3 Å². The Kier molecular flexibility index (Phi) is 5.42. The van der Waals surface area contributed by atoms with Gasteiger partial charge in [0.25, 0.3) is 0 Å². The molecule has 0 aliphatic rings. The minimum Gasteiger partial charge on any atom is -0.350 e. The van der Waals surface area contributed by atoms with E-state index in [9.17, 15) is 14.0 Å². The van der Waals surface area contributed by atoms with Gasteiger partial charge in [-0.1, -0.05) is 30.3 Å². The Bertz CT molecular complexity index is 638. The minimum atomic E-state index is -0.383. The van der Waals surface area contributed by atoms with Gasteiger partial charge in [-0.05, 0) is 36.8 Å². The predicted molar refractivity (Wildman–Crippen MR) is 83.0 cm³/mol. The first-order valence-electron chi connectivity index (χ1n) is 7.19. The summed E-state index contributed by atoms with van der Waals surface area (Å²) in [6, 6.07) is 14.9. The zero-order valence-corrected chi connectivity index (χ0v) is 12.4. The van der Waals surface area contributed by atoms with Crippen molar-refractivity contribution in [1.29, 1.82) is 0 Å². The van der Waals surface area contributed by atoms with Crippen LogP contribution in [0.4, 0.5) is 4.39 Å². The molecule has 0 radical (unpaired) electrons. The number of carbonyl (C=O) groups is 2. The van der Waals surface area contributed by atoms with Gasteiger partial charge in [-0.25, -0.2) is 4.39 Å². The van der Waals surface area contributed by atoms with Gasteiger partial charge < -0.3 is 5.32 Å². The van der Waals surface area contributed by atoms with Crippen molar-refractivity contribution in [3.8, 4) is 0 Å². The molecule has 1 atom stereocenters. The number of amides is 1. The lowest BCUT2D eigenvalue weighted by atomic mass is 10.1. The van der Waals surface area contributed by atoms with E-state index in [1.54, 1.807) is 0 Å². The van der Waals surface area contributed by atoms with E-state index in [0.29, 0.717) is 5.56 Å². The van der Waals surface area contributed by atoms with Crippen LogP contribution in [0, 0.1) is 5.82 Å². The van der Waals surface area contributed by atoms with Gasteiger partial charge in [0.15, 0.2) is 5.78 Å². The second-order valence-corrected chi connectivity index (χ2v) is 5.13. The molecule has 0 spiro atoms. The van der Waals surface area contributed by atoms with Gasteiger partial charge in [0.2, 0.25) is 5.91 Å². The zero-order valence-electron chi connectivity index (χ0n) is 12.4. The number of rotatable bonds is 6. The summed E-state index contributed by atoms with van der Waals surface area (Å²) < 4.78 is 12.8. The van der Waals surface area contributed by atoms with Gasteiger partial charge >= 0.3 is 0 Å². The van der Waals surface area contributed by atoms with E-state index in [-0.39, 0.29) is 36.4 Å². The first kappa shape index (κ1) is 15.9. The number of halogens is 1. The third-order valence-corrected chi connectivity index (χ3v) is 3.42. The van der Waals surface area contributed by atoms with Crippen LogP contribution in [0.3, 0.4) is 0 Å². The van der Waals surface area contributed by atoms with Gasteiger partial charge in [-0.15, -0.1) is 0 Å². The fraction of sp³-hybridized carbons (Fsp3) is 0.222. The summed E-state index contributed by atoms with van der Waals surface area (Å²) in [5.74, 6) is -0.722. The SMILES string of the molecule is C[C@H](NC(=O)CCC(=O)c1ccc(F)cc1)c1ccccc1. The quantitative estimate of drug-likeness (QED) is 0.827. The summed E-state index contributed by atoms with van der Waals surface area (Å²) in [5, 5.41) is 2.86. The third kappa shape index (κ3) is 4.52. The van der Waals surface area contributed by atoms with Crippen LogP contribution >= 0.6 is 0 Å². The molecule has 0 aromatic heterocycles. The lowest BCUT2D eigenvalue weighted by Gasteiger charge is -2.14. The Morgan fingerprint density at radius 2 is 1.64 bits per heavy atom. The van der Waals surface area contributed by atoms with Crippen LogP contribution in [0.15, 0.2) is 54.6 Å². The number of ketones is 1. The summed E-state index contributed by atoms with van der Waals surface area (Å²) in [4.78, 5) is 23.8. The first-order valence-corrected chi connectivity index (χ1v) is 7.19. The number of nitrogens with one attached hydrogen (secondary N) is 1. The molecule has 0 aliphatic heterocycles. The maximum Gasteiger partial charge on any atom is 0.220 e. The summed E-state index contributed by atoms with van der Waals surface area (Å²) in [7, 11) is 0. The van der Waals surface area contributed by atoms with Crippen molar-refractivity contribution in [1.82, 2.24) is 5.32 Å². The molecule has 0 heterocycles. The van der Waals surface area contributed by atoms with Crippen molar-refractivity contribution in [2.45, 2.75) is 25.8 Å². The summed E-state index contributed by atoms with van der Waals surface area (Å²) in [5.41, 5.74) is 1.44. The van der Waals surface area contributed by atoms with Crippen molar-refractivity contribution in [3.05, 3.63) is 71.5 Å². The highest BCUT2D eigenvalue weighted by Gasteiger charge is 2.12. The number of carbonyl (C=O) groups excluding carboxylic acids is 2. The van der Waals surface area contributed by atoms with Crippen molar-refractivity contribution >= 4 is 11.7 Å². The Morgan fingerprint density at radius 3 is 2.27 bits per heavy atom. The highest BCUT2D eigenvalue weighted by atomic mass is 19.1. The molecule has 0 saturated heterocycles. The third-order valence-electron chi connectivity index (χ3n) is 3.42. The lowest BCUT2D eigenvalue weighted by Crippen LogP contribution is -2.26. The van der Waals surface area contributed by atoms with Crippen LogP contribution in [0.25, 0.3) is 0 Å². The maximum atomic E-state index is 12.8. The van der Waals surface area contributed by atoms with Crippen LogP contribution < -0.4 is 5.32 Å². The van der Waals surface area contributed by atoms with E-state index in [4.69, 9.17) is 0 Å². The molecule has 2 aromatic rings. The average molecular weight is 299 g/mol. The van der Waals surface area contributed by atoms with Crippen molar-refractivity contribution in [3.63, 3.8) is 0 Å². The van der Waals surface area contributed by atoms with Gasteiger partial charge in [0.05, 0.1) is 6.04 Å². The molecule has 1 amide bonds. The second kappa shape index (κ2) is 7.50. The normalized spacial score (nSPS) is 11.7. The van der Waals surface area contributed by atoms with Gasteiger partial charge in [-0.2, -0.15) is 0 Å². The molecule has 0 saturated carbocycles.